The smallest absolute Gasteiger partial charge is 0.243 e. The van der Waals surface area contributed by atoms with Gasteiger partial charge in [-0.05, 0) is 25.1 Å². The molecule has 0 bridgehead atoms. The first kappa shape index (κ1) is 14.6. The van der Waals surface area contributed by atoms with E-state index in [1.54, 1.807) is 0 Å². The third-order valence-corrected chi connectivity index (χ3v) is 5.27. The summed E-state index contributed by atoms with van der Waals surface area (Å²) in [5.74, 6) is -0.317. The van der Waals surface area contributed by atoms with Crippen LogP contribution in [0.1, 0.15) is 6.92 Å². The number of nitrogens with one attached hydrogen (secondary N) is 1. The second-order valence-electron chi connectivity index (χ2n) is 4.19. The minimum Gasteiger partial charge on any atom is -0.353 e. The lowest BCUT2D eigenvalue weighted by Crippen LogP contribution is -2.55. The first-order valence-corrected chi connectivity index (χ1v) is 7.77. The topological polar surface area (TPSA) is 66.5 Å². The summed E-state index contributed by atoms with van der Waals surface area (Å²) in [5, 5.41) is 3.08. The predicted octanol–water partition coefficient (Wildman–Crippen LogP) is 1.50. The lowest BCUT2D eigenvalue weighted by Gasteiger charge is -2.31. The maximum absolute atomic E-state index is 12.5. The van der Waals surface area contributed by atoms with Crippen LogP contribution in [0.2, 0.25) is 10.0 Å². The molecule has 1 aromatic carbocycles. The summed E-state index contributed by atoms with van der Waals surface area (Å²) in [6.07, 6.45) is 0. The Morgan fingerprint density at radius 2 is 1.84 bits per heavy atom. The fraction of sp³-hybridized carbons (Fsp3) is 0.364. The number of hydrogen-bond donors (Lipinski definition) is 1. The number of nitrogens with zero attached hydrogens (tertiary/aromatic N) is 1. The zero-order valence-electron chi connectivity index (χ0n) is 10.1. The molecule has 8 heteroatoms. The second-order valence-corrected chi connectivity index (χ2v) is 6.95. The highest BCUT2D eigenvalue weighted by Crippen LogP contribution is 2.26. The molecule has 1 N–H and O–H groups in total. The SMILES string of the molecule is CC1C(=O)NCCN1S(=O)(=O)c1cc(Cl)cc(Cl)c1. The highest BCUT2D eigenvalue weighted by Gasteiger charge is 2.35. The first-order chi connectivity index (χ1) is 8.82. The summed E-state index contributed by atoms with van der Waals surface area (Å²) in [7, 11) is -3.79. The van der Waals surface area contributed by atoms with E-state index < -0.39 is 16.1 Å². The maximum Gasteiger partial charge on any atom is 0.243 e. The zero-order chi connectivity index (χ0) is 14.2. The molecule has 1 amide bonds. The number of sulfonamides is 1. The van der Waals surface area contributed by atoms with Crippen molar-refractivity contribution >= 4 is 39.1 Å². The molecular weight excluding hydrogens is 311 g/mol. The highest BCUT2D eigenvalue weighted by atomic mass is 35.5. The summed E-state index contributed by atoms with van der Waals surface area (Å²) in [6.45, 7) is 2.05. The van der Waals surface area contributed by atoms with Crippen LogP contribution in [0.3, 0.4) is 0 Å². The van der Waals surface area contributed by atoms with Crippen molar-refractivity contribution in [2.24, 2.45) is 0 Å². The fourth-order valence-electron chi connectivity index (χ4n) is 1.90. The number of rotatable bonds is 2. The van der Waals surface area contributed by atoms with E-state index in [0.717, 1.165) is 4.31 Å². The molecule has 0 saturated carbocycles. The van der Waals surface area contributed by atoms with E-state index in [4.69, 9.17) is 23.2 Å². The number of carbonyl (C=O) groups excluding carboxylic acids is 1. The molecule has 1 atom stereocenters. The van der Waals surface area contributed by atoms with Gasteiger partial charge in [0, 0.05) is 23.1 Å². The van der Waals surface area contributed by atoms with Crippen molar-refractivity contribution in [2.75, 3.05) is 13.1 Å². The van der Waals surface area contributed by atoms with Crippen molar-refractivity contribution in [3.63, 3.8) is 0 Å². The lowest BCUT2D eigenvalue weighted by molar-refractivity contribution is -0.126. The van der Waals surface area contributed by atoms with E-state index in [9.17, 15) is 13.2 Å². The van der Waals surface area contributed by atoms with Gasteiger partial charge in [-0.3, -0.25) is 4.79 Å². The summed E-state index contributed by atoms with van der Waals surface area (Å²) in [5.41, 5.74) is 0. The average Bonchev–Trinajstić information content (AvgIpc) is 2.31. The Balaban J connectivity index is 2.44. The quantitative estimate of drug-likeness (QED) is 0.897. The number of benzene rings is 1. The van der Waals surface area contributed by atoms with Crippen LogP contribution in [0.4, 0.5) is 0 Å². The minimum atomic E-state index is -3.79. The standard InChI is InChI=1S/C11H12Cl2N2O3S/c1-7-11(16)14-2-3-15(7)19(17,18)10-5-8(12)4-9(13)6-10/h4-7H,2-3H2,1H3,(H,14,16). The molecule has 104 valence electrons. The maximum atomic E-state index is 12.5. The van der Waals surface area contributed by atoms with Crippen molar-refractivity contribution in [3.05, 3.63) is 28.2 Å². The molecule has 5 nitrogen and oxygen atoms in total. The van der Waals surface area contributed by atoms with E-state index in [1.807, 2.05) is 0 Å². The van der Waals surface area contributed by atoms with Gasteiger partial charge in [-0.25, -0.2) is 8.42 Å². The number of carbonyl (C=O) groups is 1. The van der Waals surface area contributed by atoms with Gasteiger partial charge in [0.05, 0.1) is 4.90 Å². The number of amides is 1. The van der Waals surface area contributed by atoms with Crippen molar-refractivity contribution in [1.82, 2.24) is 9.62 Å². The monoisotopic (exact) mass is 322 g/mol. The Morgan fingerprint density at radius 1 is 1.26 bits per heavy atom. The number of halogens is 2. The minimum absolute atomic E-state index is 0.00782. The van der Waals surface area contributed by atoms with E-state index in [-0.39, 0.29) is 33.9 Å². The first-order valence-electron chi connectivity index (χ1n) is 5.58. The number of piperazine rings is 1. The van der Waals surface area contributed by atoms with Crippen molar-refractivity contribution in [1.29, 1.82) is 0 Å². The van der Waals surface area contributed by atoms with Crippen LogP contribution in [-0.4, -0.2) is 37.8 Å². The normalized spacial score (nSPS) is 21.2. The van der Waals surface area contributed by atoms with Crippen molar-refractivity contribution < 1.29 is 13.2 Å². The molecule has 0 spiro atoms. The molecule has 1 saturated heterocycles. The second kappa shape index (κ2) is 5.28. The van der Waals surface area contributed by atoms with Gasteiger partial charge in [0.25, 0.3) is 0 Å². The summed E-state index contributed by atoms with van der Waals surface area (Å²) >= 11 is 11.6. The van der Waals surface area contributed by atoms with Gasteiger partial charge in [-0.2, -0.15) is 4.31 Å². The summed E-state index contributed by atoms with van der Waals surface area (Å²) in [6, 6.07) is 3.34. The average molecular weight is 323 g/mol. The zero-order valence-corrected chi connectivity index (χ0v) is 12.4. The van der Waals surface area contributed by atoms with Gasteiger partial charge in [0.15, 0.2) is 0 Å². The molecule has 19 heavy (non-hydrogen) atoms. The Kier molecular flexibility index (Phi) is 4.06. The van der Waals surface area contributed by atoms with Crippen LogP contribution in [0.25, 0.3) is 0 Å². The van der Waals surface area contributed by atoms with Crippen LogP contribution in [0, 0.1) is 0 Å². The van der Waals surface area contributed by atoms with E-state index in [1.165, 1.54) is 25.1 Å². The van der Waals surface area contributed by atoms with E-state index in [0.29, 0.717) is 0 Å². The largest absolute Gasteiger partial charge is 0.353 e. The Morgan fingerprint density at radius 3 is 2.42 bits per heavy atom. The van der Waals surface area contributed by atoms with Crippen LogP contribution in [-0.2, 0) is 14.8 Å². The molecule has 0 aliphatic carbocycles. The lowest BCUT2D eigenvalue weighted by atomic mass is 10.2. The molecule has 0 aromatic heterocycles. The molecule has 1 unspecified atom stereocenters. The van der Waals surface area contributed by atoms with E-state index >= 15 is 0 Å². The molecule has 1 heterocycles. The van der Waals surface area contributed by atoms with Gasteiger partial charge in [-0.1, -0.05) is 23.2 Å². The van der Waals surface area contributed by atoms with Crippen LogP contribution in [0.5, 0.6) is 0 Å². The molecule has 2 rings (SSSR count). The third-order valence-electron chi connectivity index (χ3n) is 2.89. The Bertz CT molecular complexity index is 598. The third kappa shape index (κ3) is 2.86. The van der Waals surface area contributed by atoms with Gasteiger partial charge in [0.2, 0.25) is 15.9 Å². The van der Waals surface area contributed by atoms with Gasteiger partial charge in [0.1, 0.15) is 6.04 Å². The molecular formula is C11H12Cl2N2O3S. The fourth-order valence-corrected chi connectivity index (χ4v) is 4.22. The summed E-state index contributed by atoms with van der Waals surface area (Å²) in [4.78, 5) is 11.5. The van der Waals surface area contributed by atoms with Gasteiger partial charge in [-0.15, -0.1) is 0 Å². The van der Waals surface area contributed by atoms with Crippen LogP contribution >= 0.6 is 23.2 Å². The number of hydrogen-bond acceptors (Lipinski definition) is 3. The predicted molar refractivity (Wildman–Crippen MR) is 72.8 cm³/mol. The Labute approximate surface area is 121 Å². The molecule has 1 aliphatic rings. The van der Waals surface area contributed by atoms with Crippen LogP contribution < -0.4 is 5.32 Å². The van der Waals surface area contributed by atoms with Crippen molar-refractivity contribution in [2.45, 2.75) is 17.9 Å². The molecule has 0 radical (unpaired) electrons. The summed E-state index contributed by atoms with van der Waals surface area (Å²) < 4.78 is 26.1. The molecule has 1 aliphatic heterocycles. The Hall–Kier alpha value is -0.820. The van der Waals surface area contributed by atoms with Crippen LogP contribution in [0.15, 0.2) is 23.1 Å². The molecule has 1 aromatic rings. The van der Waals surface area contributed by atoms with Crippen molar-refractivity contribution in [3.8, 4) is 0 Å². The highest BCUT2D eigenvalue weighted by molar-refractivity contribution is 7.89. The molecule has 1 fully saturated rings. The van der Waals surface area contributed by atoms with E-state index in [2.05, 4.69) is 5.32 Å². The van der Waals surface area contributed by atoms with Gasteiger partial charge < -0.3 is 5.32 Å². The van der Waals surface area contributed by atoms with Gasteiger partial charge >= 0.3 is 0 Å².